The Morgan fingerprint density at radius 2 is 2.04 bits per heavy atom. The molecule has 0 atom stereocenters. The molecule has 0 aliphatic heterocycles. The standard InChI is InChI=1S/C16H14N4O2S2/c1-22-11-6-4-9(5-7-11)14-17-12(8-23-14)13(21)18-16-20-19-15(24-16)10-2-3-10/h4-8,10H,2-3H2,1H3,(H,18,20,21). The normalized spacial score (nSPS) is 13.7. The van der Waals surface area contributed by atoms with E-state index in [9.17, 15) is 4.79 Å². The lowest BCUT2D eigenvalue weighted by Crippen LogP contribution is -2.12. The van der Waals surface area contributed by atoms with Gasteiger partial charge in [-0.3, -0.25) is 10.1 Å². The van der Waals surface area contributed by atoms with Crippen LogP contribution in [-0.2, 0) is 0 Å². The number of ether oxygens (including phenoxy) is 1. The second-order valence-electron chi connectivity index (χ2n) is 5.44. The maximum Gasteiger partial charge on any atom is 0.276 e. The van der Waals surface area contributed by atoms with E-state index in [1.807, 2.05) is 24.3 Å². The van der Waals surface area contributed by atoms with E-state index in [-0.39, 0.29) is 5.91 Å². The summed E-state index contributed by atoms with van der Waals surface area (Å²) in [5.41, 5.74) is 1.33. The fourth-order valence-electron chi connectivity index (χ4n) is 2.19. The van der Waals surface area contributed by atoms with E-state index in [1.54, 1.807) is 12.5 Å². The van der Waals surface area contributed by atoms with Crippen molar-refractivity contribution < 1.29 is 9.53 Å². The van der Waals surface area contributed by atoms with Crippen LogP contribution in [0.5, 0.6) is 5.75 Å². The summed E-state index contributed by atoms with van der Waals surface area (Å²) in [7, 11) is 1.63. The van der Waals surface area contributed by atoms with E-state index in [0.717, 1.165) is 21.3 Å². The van der Waals surface area contributed by atoms with Crippen molar-refractivity contribution in [2.45, 2.75) is 18.8 Å². The molecule has 1 amide bonds. The molecule has 1 aliphatic rings. The molecule has 0 saturated heterocycles. The summed E-state index contributed by atoms with van der Waals surface area (Å²) in [6, 6.07) is 7.59. The molecule has 2 aromatic heterocycles. The molecule has 2 heterocycles. The monoisotopic (exact) mass is 358 g/mol. The highest BCUT2D eigenvalue weighted by molar-refractivity contribution is 7.15. The van der Waals surface area contributed by atoms with Gasteiger partial charge in [0, 0.05) is 16.9 Å². The first-order chi connectivity index (χ1) is 11.7. The Morgan fingerprint density at radius 1 is 1.25 bits per heavy atom. The third-order valence-corrected chi connectivity index (χ3v) is 5.55. The highest BCUT2D eigenvalue weighted by atomic mass is 32.1. The van der Waals surface area contributed by atoms with E-state index in [1.165, 1.54) is 35.5 Å². The van der Waals surface area contributed by atoms with Crippen LogP contribution in [0.25, 0.3) is 10.6 Å². The highest BCUT2D eigenvalue weighted by Crippen LogP contribution is 2.42. The number of hydrogen-bond donors (Lipinski definition) is 1. The summed E-state index contributed by atoms with van der Waals surface area (Å²) < 4.78 is 5.15. The van der Waals surface area contributed by atoms with Gasteiger partial charge in [-0.15, -0.1) is 21.5 Å². The number of aromatic nitrogens is 3. The Morgan fingerprint density at radius 3 is 2.75 bits per heavy atom. The van der Waals surface area contributed by atoms with Crippen LogP contribution in [0.4, 0.5) is 5.13 Å². The average Bonchev–Trinajstić information content (AvgIpc) is 3.16. The zero-order chi connectivity index (χ0) is 16.5. The number of rotatable bonds is 5. The Labute approximate surface area is 146 Å². The molecule has 24 heavy (non-hydrogen) atoms. The second-order valence-corrected chi connectivity index (χ2v) is 7.31. The van der Waals surface area contributed by atoms with Gasteiger partial charge in [0.25, 0.3) is 5.91 Å². The number of carbonyl (C=O) groups is 1. The van der Waals surface area contributed by atoms with Crippen molar-refractivity contribution in [3.05, 3.63) is 40.3 Å². The van der Waals surface area contributed by atoms with Crippen molar-refractivity contribution in [3.8, 4) is 16.3 Å². The first-order valence-corrected chi connectivity index (χ1v) is 9.17. The van der Waals surface area contributed by atoms with E-state index >= 15 is 0 Å². The number of thiazole rings is 1. The van der Waals surface area contributed by atoms with Gasteiger partial charge >= 0.3 is 0 Å². The van der Waals surface area contributed by atoms with Gasteiger partial charge in [0.15, 0.2) is 0 Å². The predicted octanol–water partition coefficient (Wildman–Crippen LogP) is 3.80. The van der Waals surface area contributed by atoms with Crippen molar-refractivity contribution in [2.24, 2.45) is 0 Å². The van der Waals surface area contributed by atoms with Crippen molar-refractivity contribution in [1.29, 1.82) is 0 Å². The quantitative estimate of drug-likeness (QED) is 0.751. The molecule has 1 aromatic carbocycles. The molecule has 1 N–H and O–H groups in total. The number of methoxy groups -OCH3 is 1. The molecule has 1 saturated carbocycles. The van der Waals surface area contributed by atoms with E-state index in [0.29, 0.717) is 16.7 Å². The van der Waals surface area contributed by atoms with Crippen molar-refractivity contribution in [3.63, 3.8) is 0 Å². The number of nitrogens with zero attached hydrogens (tertiary/aromatic N) is 3. The average molecular weight is 358 g/mol. The maximum absolute atomic E-state index is 12.3. The van der Waals surface area contributed by atoms with Crippen LogP contribution in [0.2, 0.25) is 0 Å². The van der Waals surface area contributed by atoms with Crippen molar-refractivity contribution in [1.82, 2.24) is 15.2 Å². The zero-order valence-corrected chi connectivity index (χ0v) is 14.5. The number of benzene rings is 1. The molecule has 1 fully saturated rings. The second kappa shape index (κ2) is 6.29. The minimum absolute atomic E-state index is 0.260. The predicted molar refractivity (Wildman–Crippen MR) is 93.9 cm³/mol. The van der Waals surface area contributed by atoms with Gasteiger partial charge in [-0.05, 0) is 37.1 Å². The lowest BCUT2D eigenvalue weighted by molar-refractivity contribution is 0.102. The maximum atomic E-state index is 12.3. The van der Waals surface area contributed by atoms with Crippen LogP contribution in [0.1, 0.15) is 34.3 Å². The van der Waals surface area contributed by atoms with Crippen LogP contribution in [0.15, 0.2) is 29.6 Å². The van der Waals surface area contributed by atoms with E-state index in [4.69, 9.17) is 4.74 Å². The molecule has 3 aromatic rings. The van der Waals surface area contributed by atoms with Gasteiger partial charge in [-0.25, -0.2) is 4.98 Å². The summed E-state index contributed by atoms with van der Waals surface area (Å²) in [6.45, 7) is 0. The van der Waals surface area contributed by atoms with Crippen LogP contribution in [0.3, 0.4) is 0 Å². The fourth-order valence-corrected chi connectivity index (χ4v) is 3.90. The third kappa shape index (κ3) is 3.15. The summed E-state index contributed by atoms with van der Waals surface area (Å²) in [5.74, 6) is 1.06. The molecule has 8 heteroatoms. The van der Waals surface area contributed by atoms with Gasteiger partial charge in [0.05, 0.1) is 7.11 Å². The Balaban J connectivity index is 1.47. The highest BCUT2D eigenvalue weighted by Gasteiger charge is 2.28. The van der Waals surface area contributed by atoms with Crippen molar-refractivity contribution in [2.75, 3.05) is 12.4 Å². The molecule has 0 bridgehead atoms. The van der Waals surface area contributed by atoms with E-state index in [2.05, 4.69) is 20.5 Å². The number of amides is 1. The van der Waals surface area contributed by atoms with Crippen LogP contribution in [-0.4, -0.2) is 28.2 Å². The fraction of sp³-hybridized carbons (Fsp3) is 0.250. The van der Waals surface area contributed by atoms with Crippen LogP contribution < -0.4 is 10.1 Å². The number of anilines is 1. The Hall–Kier alpha value is -2.32. The summed E-state index contributed by atoms with van der Waals surface area (Å²) in [6.07, 6.45) is 2.33. The molecule has 6 nitrogen and oxygen atoms in total. The Bertz CT molecular complexity index is 868. The molecule has 0 radical (unpaired) electrons. The van der Waals surface area contributed by atoms with E-state index < -0.39 is 0 Å². The molecular weight excluding hydrogens is 344 g/mol. The summed E-state index contributed by atoms with van der Waals surface area (Å²) in [5, 5.41) is 15.0. The van der Waals surface area contributed by atoms with Gasteiger partial charge in [-0.2, -0.15) is 0 Å². The third-order valence-electron chi connectivity index (χ3n) is 3.66. The lowest BCUT2D eigenvalue weighted by atomic mass is 10.2. The van der Waals surface area contributed by atoms with Gasteiger partial charge < -0.3 is 4.74 Å². The molecule has 1 aliphatic carbocycles. The number of carbonyl (C=O) groups excluding carboxylic acids is 1. The first kappa shape index (κ1) is 15.2. The Kier molecular flexibility index (Phi) is 3.99. The largest absolute Gasteiger partial charge is 0.497 e. The minimum atomic E-state index is -0.260. The first-order valence-electron chi connectivity index (χ1n) is 7.47. The summed E-state index contributed by atoms with van der Waals surface area (Å²) >= 11 is 2.87. The number of nitrogens with one attached hydrogen (secondary N) is 1. The van der Waals surface area contributed by atoms with Gasteiger partial charge in [0.2, 0.25) is 5.13 Å². The summed E-state index contributed by atoms with van der Waals surface area (Å²) in [4.78, 5) is 16.7. The minimum Gasteiger partial charge on any atom is -0.497 e. The SMILES string of the molecule is COc1ccc(-c2nc(C(=O)Nc3nnc(C4CC4)s3)cs2)cc1. The topological polar surface area (TPSA) is 77.0 Å². The lowest BCUT2D eigenvalue weighted by Gasteiger charge is -2.00. The van der Waals surface area contributed by atoms with Crippen LogP contribution >= 0.6 is 22.7 Å². The van der Waals surface area contributed by atoms with Crippen molar-refractivity contribution >= 4 is 33.7 Å². The zero-order valence-electron chi connectivity index (χ0n) is 12.9. The molecule has 122 valence electrons. The smallest absolute Gasteiger partial charge is 0.276 e. The molecule has 0 unspecified atom stereocenters. The molecule has 4 rings (SSSR count). The van der Waals surface area contributed by atoms with Gasteiger partial charge in [-0.1, -0.05) is 11.3 Å². The molecular formula is C16H14N4O2S2. The number of hydrogen-bond acceptors (Lipinski definition) is 7. The molecule has 0 spiro atoms. The van der Waals surface area contributed by atoms with Gasteiger partial charge in [0.1, 0.15) is 21.5 Å². The van der Waals surface area contributed by atoms with Crippen LogP contribution in [0, 0.1) is 0 Å².